The van der Waals surface area contributed by atoms with Gasteiger partial charge in [-0.3, -0.25) is 0 Å². The summed E-state index contributed by atoms with van der Waals surface area (Å²) in [6.45, 7) is 3.42. The molecule has 1 aromatic rings. The summed E-state index contributed by atoms with van der Waals surface area (Å²) in [6, 6.07) is 7.58. The smallest absolute Gasteiger partial charge is 0.124 e. The lowest BCUT2D eigenvalue weighted by molar-refractivity contribution is -0.00436. The molecule has 0 fully saturated rings. The SMILES string of the molecule is CC[C@@H](N)c1ccccc1OCC(O)COCCOC. The second-order valence-electron chi connectivity index (χ2n) is 4.59. The maximum Gasteiger partial charge on any atom is 0.124 e. The van der Waals surface area contributed by atoms with E-state index in [1.54, 1.807) is 7.11 Å². The van der Waals surface area contributed by atoms with Gasteiger partial charge in [0.25, 0.3) is 0 Å². The van der Waals surface area contributed by atoms with Gasteiger partial charge in [0.15, 0.2) is 0 Å². The summed E-state index contributed by atoms with van der Waals surface area (Å²) in [7, 11) is 1.61. The maximum absolute atomic E-state index is 9.77. The van der Waals surface area contributed by atoms with Crippen LogP contribution in [0.4, 0.5) is 0 Å². The first-order chi connectivity index (χ1) is 9.69. The number of para-hydroxylation sites is 1. The Morgan fingerprint density at radius 2 is 1.95 bits per heavy atom. The fourth-order valence-electron chi connectivity index (χ4n) is 1.73. The van der Waals surface area contributed by atoms with Gasteiger partial charge in [-0.25, -0.2) is 0 Å². The fraction of sp³-hybridized carbons (Fsp3) is 0.600. The van der Waals surface area contributed by atoms with Crippen molar-refractivity contribution < 1.29 is 19.3 Å². The highest BCUT2D eigenvalue weighted by molar-refractivity contribution is 5.35. The Hall–Kier alpha value is -1.14. The molecule has 3 N–H and O–H groups in total. The van der Waals surface area contributed by atoms with Gasteiger partial charge in [-0.05, 0) is 12.5 Å². The van der Waals surface area contributed by atoms with Crippen molar-refractivity contribution in [2.24, 2.45) is 5.73 Å². The van der Waals surface area contributed by atoms with E-state index in [2.05, 4.69) is 0 Å². The van der Waals surface area contributed by atoms with E-state index >= 15 is 0 Å². The van der Waals surface area contributed by atoms with Crippen LogP contribution in [0.2, 0.25) is 0 Å². The summed E-state index contributed by atoms with van der Waals surface area (Å²) in [5.41, 5.74) is 6.99. The molecule has 0 saturated carbocycles. The molecule has 5 heteroatoms. The Morgan fingerprint density at radius 3 is 2.65 bits per heavy atom. The second kappa shape index (κ2) is 9.72. The molecule has 2 atom stereocenters. The van der Waals surface area contributed by atoms with Crippen molar-refractivity contribution in [1.82, 2.24) is 0 Å². The molecular formula is C15H25NO4. The molecule has 0 amide bonds. The van der Waals surface area contributed by atoms with Crippen molar-refractivity contribution in [3.8, 4) is 5.75 Å². The first-order valence-corrected chi connectivity index (χ1v) is 6.91. The number of hydrogen-bond donors (Lipinski definition) is 2. The van der Waals surface area contributed by atoms with Gasteiger partial charge in [-0.2, -0.15) is 0 Å². The highest BCUT2D eigenvalue weighted by Gasteiger charge is 2.12. The predicted molar refractivity (Wildman–Crippen MR) is 77.9 cm³/mol. The molecule has 0 aliphatic carbocycles. The number of aliphatic hydroxyl groups excluding tert-OH is 1. The van der Waals surface area contributed by atoms with Gasteiger partial charge in [0, 0.05) is 18.7 Å². The topological polar surface area (TPSA) is 73.9 Å². The molecule has 0 spiro atoms. The zero-order valence-corrected chi connectivity index (χ0v) is 12.2. The van der Waals surface area contributed by atoms with Gasteiger partial charge in [0.05, 0.1) is 19.8 Å². The zero-order valence-electron chi connectivity index (χ0n) is 12.2. The summed E-state index contributed by atoms with van der Waals surface area (Å²) in [5.74, 6) is 0.720. The summed E-state index contributed by atoms with van der Waals surface area (Å²) < 4.78 is 15.7. The van der Waals surface area contributed by atoms with E-state index < -0.39 is 6.10 Å². The lowest BCUT2D eigenvalue weighted by Crippen LogP contribution is -2.25. The second-order valence-corrected chi connectivity index (χ2v) is 4.59. The normalized spacial score (nSPS) is 14.0. The van der Waals surface area contributed by atoms with E-state index in [1.807, 2.05) is 31.2 Å². The largest absolute Gasteiger partial charge is 0.490 e. The van der Waals surface area contributed by atoms with Crippen molar-refractivity contribution in [3.63, 3.8) is 0 Å². The average Bonchev–Trinajstić information content (AvgIpc) is 2.49. The van der Waals surface area contributed by atoms with Crippen LogP contribution in [0.3, 0.4) is 0 Å². The van der Waals surface area contributed by atoms with Crippen molar-refractivity contribution in [3.05, 3.63) is 29.8 Å². The molecule has 0 saturated heterocycles. The first-order valence-electron chi connectivity index (χ1n) is 6.91. The molecule has 0 aliphatic rings. The lowest BCUT2D eigenvalue weighted by Gasteiger charge is -2.17. The zero-order chi connectivity index (χ0) is 14.8. The molecule has 1 unspecified atom stereocenters. The number of ether oxygens (including phenoxy) is 3. The van der Waals surface area contributed by atoms with Crippen LogP contribution in [0.1, 0.15) is 24.9 Å². The van der Waals surface area contributed by atoms with Crippen LogP contribution in [-0.2, 0) is 9.47 Å². The van der Waals surface area contributed by atoms with Gasteiger partial charge in [-0.1, -0.05) is 25.1 Å². The van der Waals surface area contributed by atoms with Crippen LogP contribution in [0.5, 0.6) is 5.75 Å². The maximum atomic E-state index is 9.77. The van der Waals surface area contributed by atoms with E-state index in [-0.39, 0.29) is 19.3 Å². The number of rotatable bonds is 10. The van der Waals surface area contributed by atoms with Gasteiger partial charge < -0.3 is 25.1 Å². The minimum atomic E-state index is -0.669. The van der Waals surface area contributed by atoms with E-state index in [9.17, 15) is 5.11 Å². The molecule has 0 heterocycles. The third kappa shape index (κ3) is 5.88. The standard InChI is InChI=1S/C15H25NO4/c1-3-14(16)13-6-4-5-7-15(13)20-11-12(17)10-19-9-8-18-2/h4-7,12,14,17H,3,8-11,16H2,1-2H3/t12?,14-/m1/s1. The van der Waals surface area contributed by atoms with Crippen LogP contribution in [0, 0.1) is 0 Å². The van der Waals surface area contributed by atoms with Crippen molar-refractivity contribution in [2.75, 3.05) is 33.5 Å². The van der Waals surface area contributed by atoms with E-state index in [1.165, 1.54) is 0 Å². The number of aliphatic hydroxyl groups is 1. The van der Waals surface area contributed by atoms with Gasteiger partial charge in [-0.15, -0.1) is 0 Å². The molecule has 5 nitrogen and oxygen atoms in total. The van der Waals surface area contributed by atoms with E-state index in [4.69, 9.17) is 19.9 Å². The molecule has 1 rings (SSSR count). The van der Waals surface area contributed by atoms with Crippen LogP contribution in [0.15, 0.2) is 24.3 Å². The van der Waals surface area contributed by atoms with Gasteiger partial charge in [0.1, 0.15) is 18.5 Å². The highest BCUT2D eigenvalue weighted by Crippen LogP contribution is 2.25. The number of nitrogens with two attached hydrogens (primary N) is 1. The Morgan fingerprint density at radius 1 is 1.20 bits per heavy atom. The summed E-state index contributed by atoms with van der Waals surface area (Å²) in [5, 5.41) is 9.77. The van der Waals surface area contributed by atoms with E-state index in [0.29, 0.717) is 13.2 Å². The number of methoxy groups -OCH3 is 1. The third-order valence-electron chi connectivity index (χ3n) is 2.93. The molecule has 114 valence electrons. The average molecular weight is 283 g/mol. The van der Waals surface area contributed by atoms with Gasteiger partial charge >= 0.3 is 0 Å². The number of hydrogen-bond acceptors (Lipinski definition) is 5. The highest BCUT2D eigenvalue weighted by atomic mass is 16.5. The molecular weight excluding hydrogens is 258 g/mol. The minimum absolute atomic E-state index is 0.0544. The fourth-order valence-corrected chi connectivity index (χ4v) is 1.73. The first kappa shape index (κ1) is 16.9. The van der Waals surface area contributed by atoms with E-state index in [0.717, 1.165) is 17.7 Å². The molecule has 20 heavy (non-hydrogen) atoms. The molecule has 0 aliphatic heterocycles. The van der Waals surface area contributed by atoms with Crippen LogP contribution in [-0.4, -0.2) is 44.7 Å². The summed E-state index contributed by atoms with van der Waals surface area (Å²) in [4.78, 5) is 0. The van der Waals surface area contributed by atoms with Crippen LogP contribution in [0.25, 0.3) is 0 Å². The molecule has 0 bridgehead atoms. The van der Waals surface area contributed by atoms with Crippen molar-refractivity contribution >= 4 is 0 Å². The summed E-state index contributed by atoms with van der Waals surface area (Å²) >= 11 is 0. The predicted octanol–water partition coefficient (Wildman–Crippen LogP) is 1.50. The van der Waals surface area contributed by atoms with Crippen LogP contribution < -0.4 is 10.5 Å². The molecule has 0 aromatic heterocycles. The third-order valence-corrected chi connectivity index (χ3v) is 2.93. The molecule has 1 aromatic carbocycles. The molecule has 0 radical (unpaired) electrons. The minimum Gasteiger partial charge on any atom is -0.490 e. The Balaban J connectivity index is 2.41. The number of benzene rings is 1. The van der Waals surface area contributed by atoms with Crippen molar-refractivity contribution in [2.45, 2.75) is 25.5 Å². The monoisotopic (exact) mass is 283 g/mol. The Labute approximate surface area is 120 Å². The van der Waals surface area contributed by atoms with Gasteiger partial charge in [0.2, 0.25) is 0 Å². The Bertz CT molecular complexity index is 373. The Kier molecular flexibility index (Phi) is 8.22. The van der Waals surface area contributed by atoms with Crippen LogP contribution >= 0.6 is 0 Å². The lowest BCUT2D eigenvalue weighted by atomic mass is 10.0. The quantitative estimate of drug-likeness (QED) is 0.637. The summed E-state index contributed by atoms with van der Waals surface area (Å²) in [6.07, 6.45) is 0.168. The van der Waals surface area contributed by atoms with Crippen molar-refractivity contribution in [1.29, 1.82) is 0 Å².